The maximum atomic E-state index is 12.3. The van der Waals surface area contributed by atoms with Gasteiger partial charge in [0.15, 0.2) is 0 Å². The molecule has 1 aliphatic rings. The van der Waals surface area contributed by atoms with Gasteiger partial charge in [-0.05, 0) is 24.8 Å². The molecule has 7 nitrogen and oxygen atoms in total. The summed E-state index contributed by atoms with van der Waals surface area (Å²) in [6, 6.07) is 6.10. The third-order valence-electron chi connectivity index (χ3n) is 4.23. The Bertz CT molecular complexity index is 718. The van der Waals surface area contributed by atoms with Crippen molar-refractivity contribution in [3.63, 3.8) is 0 Å². The van der Waals surface area contributed by atoms with Gasteiger partial charge >= 0.3 is 5.97 Å². The number of rotatable bonds is 6. The van der Waals surface area contributed by atoms with Crippen molar-refractivity contribution in [3.05, 3.63) is 42.0 Å². The number of Topliss-reactive ketones (excluding diaryl/α,β-unsaturated/α-hetero) is 1. The predicted octanol–water partition coefficient (Wildman–Crippen LogP) is 1.18. The van der Waals surface area contributed by atoms with Crippen molar-refractivity contribution in [2.75, 3.05) is 26.7 Å². The summed E-state index contributed by atoms with van der Waals surface area (Å²) >= 11 is 0. The molecule has 0 aliphatic carbocycles. The van der Waals surface area contributed by atoms with Crippen molar-refractivity contribution >= 4 is 29.1 Å². The first-order valence-electron chi connectivity index (χ1n) is 8.42. The van der Waals surface area contributed by atoms with E-state index in [-0.39, 0.29) is 17.7 Å². The lowest BCUT2D eigenvalue weighted by molar-refractivity contribution is -0.140. The van der Waals surface area contributed by atoms with Crippen molar-refractivity contribution in [1.29, 1.82) is 0 Å². The Morgan fingerprint density at radius 3 is 2.19 bits per heavy atom. The lowest BCUT2D eigenvalue weighted by Crippen LogP contribution is -2.40. The summed E-state index contributed by atoms with van der Waals surface area (Å²) < 4.78 is 4.44. The Hall–Kier alpha value is -2.96. The number of likely N-dealkylation sites (tertiary alicyclic amines) is 1. The number of piperidine rings is 1. The number of nitrogens with zero attached hydrogens (tertiary/aromatic N) is 1. The quantitative estimate of drug-likeness (QED) is 0.357. The maximum absolute atomic E-state index is 12.3. The lowest BCUT2D eigenvalue weighted by Gasteiger charge is -2.25. The molecule has 1 aliphatic heterocycles. The molecule has 1 aromatic carbocycles. The first kappa shape index (κ1) is 19.4. The highest BCUT2D eigenvalue weighted by Crippen LogP contribution is 2.16. The van der Waals surface area contributed by atoms with Crippen LogP contribution in [0.15, 0.2) is 30.8 Å². The van der Waals surface area contributed by atoms with E-state index in [1.54, 1.807) is 17.0 Å². The number of methoxy groups -OCH3 is 1. The summed E-state index contributed by atoms with van der Waals surface area (Å²) in [6.07, 6.45) is 2.91. The van der Waals surface area contributed by atoms with Crippen LogP contribution in [0.3, 0.4) is 0 Å². The van der Waals surface area contributed by atoms with Crippen molar-refractivity contribution in [2.24, 2.45) is 0 Å². The fraction of sp³-hybridized carbons (Fsp3) is 0.368. The molecule has 2 amide bonds. The van der Waals surface area contributed by atoms with Crippen molar-refractivity contribution < 1.29 is 23.9 Å². The molecule has 138 valence electrons. The highest BCUT2D eigenvalue weighted by molar-refractivity contribution is 6.42. The molecule has 7 heteroatoms. The van der Waals surface area contributed by atoms with Gasteiger partial charge in [0.2, 0.25) is 5.78 Å². The van der Waals surface area contributed by atoms with Crippen LogP contribution in [0, 0.1) is 0 Å². The van der Waals surface area contributed by atoms with Gasteiger partial charge < -0.3 is 15.0 Å². The van der Waals surface area contributed by atoms with Gasteiger partial charge in [-0.3, -0.25) is 19.2 Å². The largest absolute Gasteiger partial charge is 0.468 e. The fourth-order valence-corrected chi connectivity index (χ4v) is 2.65. The second-order valence-electron chi connectivity index (χ2n) is 6.00. The average molecular weight is 358 g/mol. The van der Waals surface area contributed by atoms with Gasteiger partial charge in [0, 0.05) is 24.2 Å². The zero-order chi connectivity index (χ0) is 19.1. The summed E-state index contributed by atoms with van der Waals surface area (Å²) in [5, 5.41) is 2.39. The second kappa shape index (κ2) is 8.94. The molecule has 0 saturated carbocycles. The molecule has 1 aromatic rings. The van der Waals surface area contributed by atoms with E-state index >= 15 is 0 Å². The smallest absolute Gasteiger partial charge is 0.325 e. The number of ether oxygens (including phenoxy) is 1. The van der Waals surface area contributed by atoms with Crippen LogP contribution >= 0.6 is 0 Å². The van der Waals surface area contributed by atoms with E-state index in [1.807, 2.05) is 0 Å². The van der Waals surface area contributed by atoms with Gasteiger partial charge in [-0.25, -0.2) is 0 Å². The molecule has 1 heterocycles. The Morgan fingerprint density at radius 1 is 1.04 bits per heavy atom. The van der Waals surface area contributed by atoms with E-state index in [9.17, 15) is 19.2 Å². The van der Waals surface area contributed by atoms with Crippen molar-refractivity contribution in [3.8, 4) is 0 Å². The van der Waals surface area contributed by atoms with Gasteiger partial charge in [0.05, 0.1) is 7.11 Å². The summed E-state index contributed by atoms with van der Waals surface area (Å²) in [6.45, 7) is 4.65. The summed E-state index contributed by atoms with van der Waals surface area (Å²) in [5.41, 5.74) is 0.914. The van der Waals surface area contributed by atoms with Crippen molar-refractivity contribution in [1.82, 2.24) is 10.2 Å². The molecular weight excluding hydrogens is 336 g/mol. The molecule has 2 rings (SSSR count). The molecule has 0 unspecified atom stereocenters. The third-order valence-corrected chi connectivity index (χ3v) is 4.23. The van der Waals surface area contributed by atoms with E-state index in [0.717, 1.165) is 19.3 Å². The van der Waals surface area contributed by atoms with Crippen LogP contribution in [0.2, 0.25) is 0 Å². The first-order chi connectivity index (χ1) is 12.4. The number of ketones is 1. The van der Waals surface area contributed by atoms with E-state index in [2.05, 4.69) is 16.6 Å². The van der Waals surface area contributed by atoms with E-state index in [4.69, 9.17) is 0 Å². The molecule has 0 bridgehead atoms. The molecule has 0 spiro atoms. The molecule has 1 fully saturated rings. The minimum atomic E-state index is -0.566. The average Bonchev–Trinajstić information content (AvgIpc) is 2.70. The first-order valence-corrected chi connectivity index (χ1v) is 8.42. The van der Waals surface area contributed by atoms with Crippen LogP contribution in [0.5, 0.6) is 0 Å². The normalized spacial score (nSPS) is 13.7. The van der Waals surface area contributed by atoms with E-state index < -0.39 is 23.6 Å². The number of carbonyl (C=O) groups excluding carboxylic acids is 4. The van der Waals surface area contributed by atoms with Crippen LogP contribution in [-0.2, 0) is 19.1 Å². The van der Waals surface area contributed by atoms with E-state index in [0.29, 0.717) is 18.7 Å². The summed E-state index contributed by atoms with van der Waals surface area (Å²) in [5.74, 6) is -2.13. The number of hydrogen-bond acceptors (Lipinski definition) is 5. The summed E-state index contributed by atoms with van der Waals surface area (Å²) in [7, 11) is 1.23. The Labute approximate surface area is 152 Å². The molecule has 0 aromatic heterocycles. The van der Waals surface area contributed by atoms with Gasteiger partial charge in [0.1, 0.15) is 6.54 Å². The minimum Gasteiger partial charge on any atom is -0.468 e. The Balaban J connectivity index is 1.99. The molecule has 1 saturated heterocycles. The number of carbonyl (C=O) groups is 4. The van der Waals surface area contributed by atoms with Crippen molar-refractivity contribution in [2.45, 2.75) is 19.3 Å². The highest BCUT2D eigenvalue weighted by atomic mass is 16.5. The van der Waals surface area contributed by atoms with Crippen LogP contribution < -0.4 is 5.32 Å². The van der Waals surface area contributed by atoms with Gasteiger partial charge in [-0.2, -0.15) is 0 Å². The molecule has 26 heavy (non-hydrogen) atoms. The lowest BCUT2D eigenvalue weighted by atomic mass is 10.0. The maximum Gasteiger partial charge on any atom is 0.325 e. The summed E-state index contributed by atoms with van der Waals surface area (Å²) in [4.78, 5) is 49.2. The SMILES string of the molecule is C=C(C(=O)NCC(=O)OC)c1ccc(C(=O)C(=O)N2CCCCC2)cc1. The molecule has 1 N–H and O–H groups in total. The number of amides is 2. The molecule has 0 radical (unpaired) electrons. The third kappa shape index (κ3) is 4.78. The van der Waals surface area contributed by atoms with Crippen LogP contribution in [-0.4, -0.2) is 55.2 Å². The standard InChI is InChI=1S/C19H22N2O5/c1-13(18(24)20-12-16(22)26-2)14-6-8-15(9-7-14)17(23)19(25)21-10-4-3-5-11-21/h6-9H,1,3-5,10-12H2,2H3,(H,20,24). The van der Waals surface area contributed by atoms with Gasteiger partial charge in [0.25, 0.3) is 11.8 Å². The second-order valence-corrected chi connectivity index (χ2v) is 6.00. The van der Waals surface area contributed by atoms with Gasteiger partial charge in [-0.15, -0.1) is 0 Å². The molecule has 0 atom stereocenters. The number of nitrogens with one attached hydrogen (secondary N) is 1. The monoisotopic (exact) mass is 358 g/mol. The number of esters is 1. The predicted molar refractivity (Wildman–Crippen MR) is 95.3 cm³/mol. The Morgan fingerprint density at radius 2 is 1.62 bits per heavy atom. The number of hydrogen-bond donors (Lipinski definition) is 1. The van der Waals surface area contributed by atoms with Crippen LogP contribution in [0.1, 0.15) is 35.2 Å². The zero-order valence-electron chi connectivity index (χ0n) is 14.7. The van der Waals surface area contributed by atoms with Gasteiger partial charge in [-0.1, -0.05) is 30.8 Å². The van der Waals surface area contributed by atoms with Crippen LogP contribution in [0.25, 0.3) is 5.57 Å². The van der Waals surface area contributed by atoms with E-state index in [1.165, 1.54) is 19.2 Å². The topological polar surface area (TPSA) is 92.8 Å². The molecular formula is C19H22N2O5. The number of benzene rings is 1. The fourth-order valence-electron chi connectivity index (χ4n) is 2.65. The Kier molecular flexibility index (Phi) is 6.66. The minimum absolute atomic E-state index is 0.148. The van der Waals surface area contributed by atoms with Crippen LogP contribution in [0.4, 0.5) is 0 Å². The highest BCUT2D eigenvalue weighted by Gasteiger charge is 2.24. The zero-order valence-corrected chi connectivity index (χ0v) is 14.7.